The molecule has 0 aliphatic carbocycles. The Morgan fingerprint density at radius 1 is 1.05 bits per heavy atom. The Labute approximate surface area is 114 Å². The first-order valence-electron chi connectivity index (χ1n) is 5.91. The van der Waals surface area contributed by atoms with Crippen molar-refractivity contribution in [3.05, 3.63) is 52.6 Å². The summed E-state index contributed by atoms with van der Waals surface area (Å²) in [6.07, 6.45) is 0. The van der Waals surface area contributed by atoms with Crippen molar-refractivity contribution in [1.82, 2.24) is 0 Å². The summed E-state index contributed by atoms with van der Waals surface area (Å²) < 4.78 is 27.1. The quantitative estimate of drug-likeness (QED) is 0.825. The molecular weight excluding hydrogens is 264 g/mol. The molecule has 0 aromatic heterocycles. The van der Waals surface area contributed by atoms with Crippen molar-refractivity contribution < 1.29 is 18.7 Å². The van der Waals surface area contributed by atoms with E-state index in [-0.39, 0.29) is 16.8 Å². The molecule has 0 amide bonds. The van der Waals surface area contributed by atoms with Gasteiger partial charge in [0.25, 0.3) is 0 Å². The van der Waals surface area contributed by atoms with Crippen LogP contribution in [-0.2, 0) is 0 Å². The van der Waals surface area contributed by atoms with E-state index in [0.717, 1.165) is 6.07 Å². The largest absolute Gasteiger partial charge is 0.478 e. The summed E-state index contributed by atoms with van der Waals surface area (Å²) in [5.74, 6) is -2.60. The lowest BCUT2D eigenvalue weighted by Crippen LogP contribution is -2.03. The van der Waals surface area contributed by atoms with Gasteiger partial charge < -0.3 is 10.8 Å². The van der Waals surface area contributed by atoms with Gasteiger partial charge in [-0.2, -0.15) is 0 Å². The first-order chi connectivity index (χ1) is 9.32. The molecule has 104 valence electrons. The van der Waals surface area contributed by atoms with E-state index >= 15 is 0 Å². The number of rotatable bonds is 2. The second-order valence-corrected chi connectivity index (χ2v) is 4.57. The fourth-order valence-corrected chi connectivity index (χ4v) is 2.12. The highest BCUT2D eigenvalue weighted by Gasteiger charge is 2.16. The van der Waals surface area contributed by atoms with Crippen LogP contribution < -0.4 is 5.73 Å². The lowest BCUT2D eigenvalue weighted by molar-refractivity contribution is 0.0696. The molecule has 0 saturated carbocycles. The number of nitrogen functional groups attached to an aromatic ring is 1. The van der Waals surface area contributed by atoms with E-state index in [2.05, 4.69) is 0 Å². The van der Waals surface area contributed by atoms with Crippen LogP contribution in [0.25, 0.3) is 11.1 Å². The number of carboxylic acids is 1. The zero-order valence-corrected chi connectivity index (χ0v) is 11.0. The summed E-state index contributed by atoms with van der Waals surface area (Å²) in [6.45, 7) is 3.34. The van der Waals surface area contributed by atoms with E-state index in [1.54, 1.807) is 13.8 Å². The summed E-state index contributed by atoms with van der Waals surface area (Å²) in [4.78, 5) is 11.0. The number of benzene rings is 2. The number of carboxylic acid groups (broad SMARTS) is 1. The smallest absolute Gasteiger partial charge is 0.335 e. The molecule has 0 fully saturated rings. The molecule has 0 atom stereocenters. The maximum absolute atomic E-state index is 13.9. The first-order valence-corrected chi connectivity index (χ1v) is 5.91. The molecule has 0 radical (unpaired) electrons. The molecule has 5 heteroatoms. The number of hydrogen-bond donors (Lipinski definition) is 2. The Bertz CT molecular complexity index is 712. The van der Waals surface area contributed by atoms with E-state index in [4.69, 9.17) is 10.8 Å². The van der Waals surface area contributed by atoms with Gasteiger partial charge >= 0.3 is 5.97 Å². The summed E-state index contributed by atoms with van der Waals surface area (Å²) in [5.41, 5.74) is 7.27. The molecule has 2 aromatic carbocycles. The van der Waals surface area contributed by atoms with E-state index in [9.17, 15) is 13.6 Å². The molecule has 3 nitrogen and oxygen atoms in total. The number of aromatic carboxylic acids is 1. The summed E-state index contributed by atoms with van der Waals surface area (Å²) in [5, 5.41) is 9.04. The van der Waals surface area contributed by atoms with Crippen LogP contribution in [0, 0.1) is 25.5 Å². The Hall–Kier alpha value is -2.43. The lowest BCUT2D eigenvalue weighted by Gasteiger charge is -2.13. The van der Waals surface area contributed by atoms with Gasteiger partial charge in [0.2, 0.25) is 0 Å². The van der Waals surface area contributed by atoms with Crippen LogP contribution in [0.2, 0.25) is 0 Å². The molecule has 0 heterocycles. The minimum atomic E-state index is -1.05. The van der Waals surface area contributed by atoms with Crippen molar-refractivity contribution in [3.8, 4) is 11.1 Å². The van der Waals surface area contributed by atoms with E-state index < -0.39 is 17.6 Å². The van der Waals surface area contributed by atoms with Crippen LogP contribution in [0.5, 0.6) is 0 Å². The topological polar surface area (TPSA) is 63.3 Å². The number of nitrogens with two attached hydrogens (primary N) is 1. The number of halogens is 2. The van der Waals surface area contributed by atoms with E-state index in [0.29, 0.717) is 16.7 Å². The van der Waals surface area contributed by atoms with Crippen molar-refractivity contribution in [2.24, 2.45) is 0 Å². The van der Waals surface area contributed by atoms with Gasteiger partial charge in [-0.1, -0.05) is 6.07 Å². The van der Waals surface area contributed by atoms with E-state index in [1.807, 2.05) is 0 Å². The van der Waals surface area contributed by atoms with Crippen molar-refractivity contribution in [1.29, 1.82) is 0 Å². The predicted molar refractivity (Wildman–Crippen MR) is 72.6 cm³/mol. The molecule has 3 N–H and O–H groups in total. The predicted octanol–water partition coefficient (Wildman–Crippen LogP) is 3.53. The van der Waals surface area contributed by atoms with Crippen LogP contribution in [0.3, 0.4) is 0 Å². The van der Waals surface area contributed by atoms with Gasteiger partial charge in [0.05, 0.1) is 11.3 Å². The van der Waals surface area contributed by atoms with Crippen molar-refractivity contribution in [2.75, 3.05) is 5.73 Å². The van der Waals surface area contributed by atoms with Gasteiger partial charge in [0.15, 0.2) is 0 Å². The molecule has 2 rings (SSSR count). The summed E-state index contributed by atoms with van der Waals surface area (Å²) in [6, 6.07) is 4.85. The Kier molecular flexibility index (Phi) is 3.44. The fraction of sp³-hybridized carbons (Fsp3) is 0.133. The molecule has 0 bridgehead atoms. The average molecular weight is 277 g/mol. The second-order valence-electron chi connectivity index (χ2n) is 4.57. The third-order valence-corrected chi connectivity index (χ3v) is 3.39. The maximum atomic E-state index is 13.9. The normalized spacial score (nSPS) is 10.6. The third-order valence-electron chi connectivity index (χ3n) is 3.39. The highest BCUT2D eigenvalue weighted by molar-refractivity contribution is 5.91. The average Bonchev–Trinajstić information content (AvgIpc) is 2.37. The van der Waals surface area contributed by atoms with Gasteiger partial charge in [-0.25, -0.2) is 13.6 Å². The van der Waals surface area contributed by atoms with Gasteiger partial charge in [-0.15, -0.1) is 0 Å². The van der Waals surface area contributed by atoms with E-state index in [1.165, 1.54) is 18.2 Å². The molecule has 0 saturated heterocycles. The van der Waals surface area contributed by atoms with Crippen LogP contribution >= 0.6 is 0 Å². The first kappa shape index (κ1) is 14.0. The molecule has 0 aliphatic rings. The third kappa shape index (κ3) is 2.22. The van der Waals surface area contributed by atoms with Crippen molar-refractivity contribution >= 4 is 11.7 Å². The second kappa shape index (κ2) is 4.92. The van der Waals surface area contributed by atoms with Crippen LogP contribution in [0.15, 0.2) is 24.3 Å². The van der Waals surface area contributed by atoms with Crippen LogP contribution in [-0.4, -0.2) is 11.1 Å². The fourth-order valence-electron chi connectivity index (χ4n) is 2.12. The molecule has 0 unspecified atom stereocenters. The monoisotopic (exact) mass is 277 g/mol. The SMILES string of the molecule is Cc1c(C(=O)O)ccc(-c2cc(N)c(F)cc2F)c1C. The van der Waals surface area contributed by atoms with Crippen LogP contribution in [0.4, 0.5) is 14.5 Å². The van der Waals surface area contributed by atoms with Gasteiger partial charge in [0.1, 0.15) is 11.6 Å². The number of hydrogen-bond acceptors (Lipinski definition) is 2. The molecule has 20 heavy (non-hydrogen) atoms. The Morgan fingerprint density at radius 2 is 1.70 bits per heavy atom. The number of carbonyl (C=O) groups is 1. The zero-order valence-electron chi connectivity index (χ0n) is 11.0. The molecule has 0 spiro atoms. The number of anilines is 1. The van der Waals surface area contributed by atoms with Gasteiger partial charge in [0, 0.05) is 11.6 Å². The highest BCUT2D eigenvalue weighted by atomic mass is 19.1. The van der Waals surface area contributed by atoms with Gasteiger partial charge in [-0.05, 0) is 42.7 Å². The van der Waals surface area contributed by atoms with Crippen LogP contribution in [0.1, 0.15) is 21.5 Å². The molecule has 2 aromatic rings. The standard InChI is InChI=1S/C15H13F2NO2/c1-7-8(2)10(15(19)20)4-3-9(7)11-5-14(18)13(17)6-12(11)16/h3-6H,18H2,1-2H3,(H,19,20). The highest BCUT2D eigenvalue weighted by Crippen LogP contribution is 2.31. The summed E-state index contributed by atoms with van der Waals surface area (Å²) in [7, 11) is 0. The summed E-state index contributed by atoms with van der Waals surface area (Å²) >= 11 is 0. The van der Waals surface area contributed by atoms with Crippen molar-refractivity contribution in [2.45, 2.75) is 13.8 Å². The van der Waals surface area contributed by atoms with Crippen molar-refractivity contribution in [3.63, 3.8) is 0 Å². The lowest BCUT2D eigenvalue weighted by atomic mass is 9.93. The minimum Gasteiger partial charge on any atom is -0.478 e. The molecule has 0 aliphatic heterocycles. The Balaban J connectivity index is 2.69. The van der Waals surface area contributed by atoms with Gasteiger partial charge in [-0.3, -0.25) is 0 Å². The Morgan fingerprint density at radius 3 is 2.30 bits per heavy atom. The zero-order chi connectivity index (χ0) is 15.0. The molecular formula is C15H13F2NO2. The maximum Gasteiger partial charge on any atom is 0.335 e. The minimum absolute atomic E-state index is 0.152.